The highest BCUT2D eigenvalue weighted by atomic mass is 19.2. The van der Waals surface area contributed by atoms with Crippen molar-refractivity contribution in [1.29, 1.82) is 0 Å². The summed E-state index contributed by atoms with van der Waals surface area (Å²) in [5.74, 6) is -14.0. The van der Waals surface area contributed by atoms with Gasteiger partial charge < -0.3 is 14.2 Å². The van der Waals surface area contributed by atoms with Gasteiger partial charge in [-0.1, -0.05) is 60.7 Å². The molecule has 3 rings (SSSR count). The van der Waals surface area contributed by atoms with E-state index >= 15 is 0 Å². The third-order valence-electron chi connectivity index (χ3n) is 5.26. The number of halogens is 5. The molecule has 3 aromatic carbocycles. The van der Waals surface area contributed by atoms with E-state index in [0.29, 0.717) is 13.2 Å². The smallest absolute Gasteiger partial charge is 0.313 e. The zero-order valence-electron chi connectivity index (χ0n) is 19.9. The number of esters is 1. The fourth-order valence-electron chi connectivity index (χ4n) is 3.41. The maximum atomic E-state index is 13.6. The van der Waals surface area contributed by atoms with Crippen LogP contribution in [0.3, 0.4) is 0 Å². The van der Waals surface area contributed by atoms with Crippen molar-refractivity contribution in [3.05, 3.63) is 101 Å². The molecule has 0 aliphatic carbocycles. The van der Waals surface area contributed by atoms with Gasteiger partial charge in [0.25, 0.3) is 0 Å². The van der Waals surface area contributed by atoms with E-state index in [1.807, 2.05) is 36.4 Å². The van der Waals surface area contributed by atoms with Crippen molar-refractivity contribution in [3.8, 4) is 5.75 Å². The maximum Gasteiger partial charge on any atom is 0.313 e. The van der Waals surface area contributed by atoms with E-state index in [4.69, 9.17) is 9.47 Å². The molecule has 0 aliphatic rings. The average Bonchev–Trinajstić information content (AvgIpc) is 2.91. The van der Waals surface area contributed by atoms with Gasteiger partial charge in [-0.15, -0.1) is 0 Å². The van der Waals surface area contributed by atoms with E-state index in [1.54, 1.807) is 0 Å². The first-order valence-electron chi connectivity index (χ1n) is 11.5. The Bertz CT molecular complexity index is 1080. The molecule has 0 amide bonds. The second kappa shape index (κ2) is 14.4. The van der Waals surface area contributed by atoms with Crippen molar-refractivity contribution >= 4 is 5.97 Å². The largest absolute Gasteiger partial charge is 0.420 e. The zero-order valence-corrected chi connectivity index (χ0v) is 19.9. The quantitative estimate of drug-likeness (QED) is 0.0706. The minimum absolute atomic E-state index is 0.132. The van der Waals surface area contributed by atoms with Crippen molar-refractivity contribution in [2.75, 3.05) is 33.0 Å². The van der Waals surface area contributed by atoms with Crippen LogP contribution in [-0.2, 0) is 27.4 Å². The summed E-state index contributed by atoms with van der Waals surface area (Å²) in [5.41, 5.74) is 2.36. The molecule has 0 radical (unpaired) electrons. The van der Waals surface area contributed by atoms with E-state index in [-0.39, 0.29) is 19.8 Å². The van der Waals surface area contributed by atoms with Gasteiger partial charge in [0.1, 0.15) is 0 Å². The molecule has 10 heteroatoms. The van der Waals surface area contributed by atoms with E-state index in [9.17, 15) is 26.7 Å². The fourth-order valence-corrected chi connectivity index (χ4v) is 3.41. The zero-order chi connectivity index (χ0) is 26.6. The molecule has 0 aromatic heterocycles. The van der Waals surface area contributed by atoms with Gasteiger partial charge in [0.05, 0.1) is 32.8 Å². The number of rotatable bonds is 14. The molecule has 0 unspecified atom stereocenters. The minimum Gasteiger partial charge on any atom is -0.420 e. The monoisotopic (exact) mass is 523 g/mol. The van der Waals surface area contributed by atoms with Crippen LogP contribution in [0, 0.1) is 29.1 Å². The second-order valence-corrected chi connectivity index (χ2v) is 8.03. The lowest BCUT2D eigenvalue weighted by molar-refractivity contribution is -0.136. The number of nitrogens with zero attached hydrogens (tertiary/aromatic N) is 1. The topological polar surface area (TPSA) is 48.0 Å². The summed E-state index contributed by atoms with van der Waals surface area (Å²) < 4.78 is 81.7. The van der Waals surface area contributed by atoms with Crippen LogP contribution >= 0.6 is 0 Å². The summed E-state index contributed by atoms with van der Waals surface area (Å²) >= 11 is 0. The highest BCUT2D eigenvalue weighted by Gasteiger charge is 2.28. The first kappa shape index (κ1) is 28.2. The number of hydrogen-bond acceptors (Lipinski definition) is 5. The Kier molecular flexibility index (Phi) is 11.0. The molecule has 0 saturated heterocycles. The second-order valence-electron chi connectivity index (χ2n) is 8.03. The van der Waals surface area contributed by atoms with E-state index in [1.165, 1.54) is 11.1 Å². The third kappa shape index (κ3) is 8.63. The lowest BCUT2D eigenvalue weighted by Gasteiger charge is -2.22. The van der Waals surface area contributed by atoms with Gasteiger partial charge in [0, 0.05) is 19.6 Å². The summed E-state index contributed by atoms with van der Waals surface area (Å²) in [4.78, 5) is 14.0. The number of carbonyl (C=O) groups excluding carboxylic acids is 1. The van der Waals surface area contributed by atoms with Crippen molar-refractivity contribution in [1.82, 2.24) is 4.90 Å². The Morgan fingerprint density at radius 1 is 0.622 bits per heavy atom. The van der Waals surface area contributed by atoms with E-state index in [0.717, 1.165) is 13.1 Å². The Morgan fingerprint density at radius 3 is 1.59 bits per heavy atom. The standard InChI is InChI=1S/C27H26F5NO4/c28-22-23(29)25(31)27(26(32)24(22)30)37-21(34)11-13-35-15-16-36-14-12-33(17-19-7-3-1-4-8-19)18-20-9-5-2-6-10-20/h1-10H,11-18H2. The SMILES string of the molecule is O=C(CCOCCOCCN(Cc1ccccc1)Cc1ccccc1)Oc1c(F)c(F)c(F)c(F)c1F. The van der Waals surface area contributed by atoms with Crippen LogP contribution in [0.4, 0.5) is 22.0 Å². The van der Waals surface area contributed by atoms with Crippen LogP contribution < -0.4 is 4.74 Å². The normalized spacial score (nSPS) is 11.2. The lowest BCUT2D eigenvalue weighted by atomic mass is 10.1. The van der Waals surface area contributed by atoms with Crippen LogP contribution in [0.1, 0.15) is 17.5 Å². The van der Waals surface area contributed by atoms with Crippen LogP contribution in [0.15, 0.2) is 60.7 Å². The van der Waals surface area contributed by atoms with Crippen molar-refractivity contribution in [3.63, 3.8) is 0 Å². The number of carbonyl (C=O) groups is 1. The highest BCUT2D eigenvalue weighted by Crippen LogP contribution is 2.29. The minimum atomic E-state index is -2.33. The van der Waals surface area contributed by atoms with Crippen molar-refractivity contribution in [2.45, 2.75) is 19.5 Å². The van der Waals surface area contributed by atoms with Gasteiger partial charge in [-0.25, -0.2) is 13.2 Å². The van der Waals surface area contributed by atoms with Crippen LogP contribution in [0.25, 0.3) is 0 Å². The molecule has 0 aliphatic heterocycles. The number of ether oxygens (including phenoxy) is 3. The summed E-state index contributed by atoms with van der Waals surface area (Å²) in [7, 11) is 0. The predicted octanol–water partition coefficient (Wildman–Crippen LogP) is 5.41. The summed E-state index contributed by atoms with van der Waals surface area (Å²) in [6, 6.07) is 20.1. The van der Waals surface area contributed by atoms with Gasteiger partial charge in [-0.2, -0.15) is 8.78 Å². The van der Waals surface area contributed by atoms with Crippen molar-refractivity contribution in [2.24, 2.45) is 0 Å². The molecular formula is C27H26F5NO4. The van der Waals surface area contributed by atoms with Crippen molar-refractivity contribution < 1.29 is 41.0 Å². The highest BCUT2D eigenvalue weighted by molar-refractivity contribution is 5.72. The number of benzene rings is 3. The molecule has 0 N–H and O–H groups in total. The summed E-state index contributed by atoms with van der Waals surface area (Å²) in [6.45, 7) is 2.78. The molecule has 0 heterocycles. The van der Waals surface area contributed by atoms with Crippen LogP contribution in [0.2, 0.25) is 0 Å². The van der Waals surface area contributed by atoms with Crippen LogP contribution in [0.5, 0.6) is 5.75 Å². The Labute approximate surface area is 211 Å². The Balaban J connectivity index is 1.35. The van der Waals surface area contributed by atoms with Gasteiger partial charge in [0.2, 0.25) is 34.8 Å². The molecule has 5 nitrogen and oxygen atoms in total. The molecule has 0 spiro atoms. The Hall–Kier alpha value is -3.34. The molecule has 37 heavy (non-hydrogen) atoms. The third-order valence-corrected chi connectivity index (χ3v) is 5.26. The van der Waals surface area contributed by atoms with Crippen LogP contribution in [-0.4, -0.2) is 43.8 Å². The van der Waals surface area contributed by atoms with Gasteiger partial charge in [-0.3, -0.25) is 9.69 Å². The lowest BCUT2D eigenvalue weighted by Crippen LogP contribution is -2.27. The van der Waals surface area contributed by atoms with Gasteiger partial charge >= 0.3 is 5.97 Å². The van der Waals surface area contributed by atoms with Gasteiger partial charge in [0.15, 0.2) is 0 Å². The summed E-state index contributed by atoms with van der Waals surface area (Å²) in [5, 5.41) is 0. The first-order chi connectivity index (χ1) is 17.9. The molecule has 0 atom stereocenters. The first-order valence-corrected chi connectivity index (χ1v) is 11.5. The molecule has 0 fully saturated rings. The molecule has 0 bridgehead atoms. The fraction of sp³-hybridized carbons (Fsp3) is 0.296. The molecule has 3 aromatic rings. The van der Waals surface area contributed by atoms with E-state index in [2.05, 4.69) is 33.9 Å². The summed E-state index contributed by atoms with van der Waals surface area (Å²) in [6.07, 6.45) is -0.457. The maximum absolute atomic E-state index is 13.6. The predicted molar refractivity (Wildman–Crippen MR) is 125 cm³/mol. The molecule has 198 valence electrons. The van der Waals surface area contributed by atoms with Gasteiger partial charge in [-0.05, 0) is 11.1 Å². The van der Waals surface area contributed by atoms with E-state index < -0.39 is 47.2 Å². The average molecular weight is 523 g/mol. The molecular weight excluding hydrogens is 497 g/mol. The Morgan fingerprint density at radius 2 is 1.08 bits per heavy atom. The number of hydrogen-bond donors (Lipinski definition) is 0. The molecule has 0 saturated carbocycles.